The lowest BCUT2D eigenvalue weighted by atomic mass is 9.86. The van der Waals surface area contributed by atoms with E-state index in [0.29, 0.717) is 23.3 Å². The van der Waals surface area contributed by atoms with E-state index in [-0.39, 0.29) is 12.2 Å². The van der Waals surface area contributed by atoms with Crippen LogP contribution in [0.15, 0.2) is 18.2 Å². The Balaban J connectivity index is 2.06. The molecule has 4 nitrogen and oxygen atoms in total. The molecular weight excluding hydrogens is 280 g/mol. The Morgan fingerprint density at radius 3 is 2.65 bits per heavy atom. The molecule has 0 N–H and O–H groups in total. The molecule has 0 atom stereocenters. The quantitative estimate of drug-likeness (QED) is 0.459. The fourth-order valence-corrected chi connectivity index (χ4v) is 2.19. The molecule has 1 fully saturated rings. The van der Waals surface area contributed by atoms with E-state index in [2.05, 4.69) is 0 Å². The number of rotatable bonds is 6. The minimum Gasteiger partial charge on any atom is -0.493 e. The summed E-state index contributed by atoms with van der Waals surface area (Å²) in [5.41, 5.74) is 0.194. The van der Waals surface area contributed by atoms with Crippen molar-refractivity contribution in [2.75, 3.05) is 13.2 Å². The van der Waals surface area contributed by atoms with Gasteiger partial charge in [0.2, 0.25) is 0 Å². The number of esters is 1. The summed E-state index contributed by atoms with van der Waals surface area (Å²) in [5.74, 6) is -0.488. The Kier molecular flexibility index (Phi) is 5.01. The molecule has 0 unspecified atom stereocenters. The predicted octanol–water partition coefficient (Wildman–Crippen LogP) is 3.26. The Bertz CT molecular complexity index is 509. The molecule has 0 aromatic heterocycles. The van der Waals surface area contributed by atoms with E-state index in [4.69, 9.17) is 21.1 Å². The van der Waals surface area contributed by atoms with E-state index in [1.54, 1.807) is 13.0 Å². The molecule has 5 heteroatoms. The first-order chi connectivity index (χ1) is 9.60. The fraction of sp³-hybridized carbons (Fsp3) is 0.467. The number of hydrogen-bond donors (Lipinski definition) is 0. The summed E-state index contributed by atoms with van der Waals surface area (Å²) in [7, 11) is 0. The molecule has 0 aliphatic heterocycles. The van der Waals surface area contributed by atoms with Gasteiger partial charge < -0.3 is 9.47 Å². The molecule has 20 heavy (non-hydrogen) atoms. The van der Waals surface area contributed by atoms with Gasteiger partial charge in [0.1, 0.15) is 5.75 Å². The van der Waals surface area contributed by atoms with Crippen molar-refractivity contribution in [3.8, 4) is 5.75 Å². The van der Waals surface area contributed by atoms with E-state index >= 15 is 0 Å². The van der Waals surface area contributed by atoms with Gasteiger partial charge in [0.05, 0.1) is 13.2 Å². The lowest BCUT2D eigenvalue weighted by molar-refractivity contribution is -0.137. The largest absolute Gasteiger partial charge is 0.493 e. The van der Waals surface area contributed by atoms with Crippen molar-refractivity contribution in [1.82, 2.24) is 0 Å². The van der Waals surface area contributed by atoms with Crippen LogP contribution in [0.25, 0.3) is 0 Å². The van der Waals surface area contributed by atoms with Gasteiger partial charge in [0, 0.05) is 10.6 Å². The van der Waals surface area contributed by atoms with Gasteiger partial charge in [-0.25, -0.2) is 4.79 Å². The number of carbonyl (C=O) groups is 2. The third kappa shape index (κ3) is 3.73. The van der Waals surface area contributed by atoms with Gasteiger partial charge in [-0.1, -0.05) is 18.0 Å². The average Bonchev–Trinajstić information content (AvgIpc) is 2.35. The molecule has 0 spiro atoms. The normalized spacial score (nSPS) is 14.5. The average molecular weight is 297 g/mol. The van der Waals surface area contributed by atoms with Crippen LogP contribution in [-0.4, -0.2) is 25.0 Å². The summed E-state index contributed by atoms with van der Waals surface area (Å²) < 4.78 is 10.3. The van der Waals surface area contributed by atoms with E-state index in [0.717, 1.165) is 0 Å². The van der Waals surface area contributed by atoms with E-state index in [9.17, 15) is 9.59 Å². The van der Waals surface area contributed by atoms with Crippen LogP contribution >= 0.6 is 11.6 Å². The first-order valence-electron chi connectivity index (χ1n) is 6.75. The van der Waals surface area contributed by atoms with Gasteiger partial charge in [0.15, 0.2) is 0 Å². The second-order valence-electron chi connectivity index (χ2n) is 4.83. The number of benzene rings is 1. The molecule has 0 radical (unpaired) electrons. The van der Waals surface area contributed by atoms with Crippen LogP contribution in [0.2, 0.25) is 5.02 Å². The van der Waals surface area contributed by atoms with Gasteiger partial charge in [-0.3, -0.25) is 4.79 Å². The van der Waals surface area contributed by atoms with Crippen LogP contribution in [-0.2, 0) is 9.53 Å². The second kappa shape index (κ2) is 6.75. The number of halogens is 1. The van der Waals surface area contributed by atoms with Gasteiger partial charge >= 0.3 is 5.97 Å². The van der Waals surface area contributed by atoms with Crippen molar-refractivity contribution < 1.29 is 19.1 Å². The third-order valence-electron chi connectivity index (χ3n) is 3.30. The molecule has 1 aliphatic rings. The van der Waals surface area contributed by atoms with E-state index in [1.165, 1.54) is 31.4 Å². The molecule has 0 bridgehead atoms. The van der Waals surface area contributed by atoms with E-state index < -0.39 is 11.8 Å². The predicted molar refractivity (Wildman–Crippen MR) is 75.3 cm³/mol. The highest BCUT2D eigenvalue weighted by Gasteiger charge is 2.20. The first-order valence-corrected chi connectivity index (χ1v) is 7.12. The van der Waals surface area contributed by atoms with Crippen molar-refractivity contribution in [1.29, 1.82) is 0 Å². The maximum Gasteiger partial charge on any atom is 0.379 e. The molecular formula is C15H17ClO4. The van der Waals surface area contributed by atoms with Crippen molar-refractivity contribution in [2.24, 2.45) is 5.92 Å². The highest BCUT2D eigenvalue weighted by molar-refractivity contribution is 6.41. The van der Waals surface area contributed by atoms with Gasteiger partial charge in [-0.05, 0) is 43.9 Å². The second-order valence-corrected chi connectivity index (χ2v) is 5.27. The Morgan fingerprint density at radius 2 is 2.05 bits per heavy atom. The number of hydrogen-bond acceptors (Lipinski definition) is 4. The van der Waals surface area contributed by atoms with Crippen molar-refractivity contribution in [3.63, 3.8) is 0 Å². The zero-order valence-corrected chi connectivity index (χ0v) is 12.1. The SMILES string of the molecule is CCOC(=O)C(=O)c1cc(Cl)cc(OCC2CCC2)c1. The van der Waals surface area contributed by atoms with Crippen molar-refractivity contribution in [2.45, 2.75) is 26.2 Å². The minimum atomic E-state index is -0.875. The Hall–Kier alpha value is -1.55. The van der Waals surface area contributed by atoms with Gasteiger partial charge in [0.25, 0.3) is 5.78 Å². The molecule has 0 heterocycles. The zero-order chi connectivity index (χ0) is 14.5. The molecule has 0 saturated heterocycles. The number of carbonyl (C=O) groups excluding carboxylic acids is 2. The van der Waals surface area contributed by atoms with Crippen LogP contribution in [0.4, 0.5) is 0 Å². The number of ketones is 1. The van der Waals surface area contributed by atoms with Crippen molar-refractivity contribution >= 4 is 23.4 Å². The first kappa shape index (κ1) is 14.9. The molecule has 108 valence electrons. The molecule has 1 saturated carbocycles. The Labute approximate surface area is 123 Å². The molecule has 2 rings (SSSR count). The van der Waals surface area contributed by atoms with Crippen LogP contribution in [0.5, 0.6) is 5.75 Å². The standard InChI is InChI=1S/C15H17ClO4/c1-2-19-15(18)14(17)11-6-12(16)8-13(7-11)20-9-10-4-3-5-10/h6-8,10H,2-5,9H2,1H3. The van der Waals surface area contributed by atoms with Crippen LogP contribution in [0.1, 0.15) is 36.5 Å². The fourth-order valence-electron chi connectivity index (χ4n) is 1.97. The number of ether oxygens (including phenoxy) is 2. The number of Topliss-reactive ketones (excluding diaryl/α,β-unsaturated/α-hetero) is 1. The summed E-state index contributed by atoms with van der Waals surface area (Å²) in [4.78, 5) is 23.3. The maximum atomic E-state index is 11.9. The van der Waals surface area contributed by atoms with Gasteiger partial charge in [-0.15, -0.1) is 0 Å². The maximum absolute atomic E-state index is 11.9. The summed E-state index contributed by atoms with van der Waals surface area (Å²) in [6.07, 6.45) is 3.60. The summed E-state index contributed by atoms with van der Waals surface area (Å²) in [6.45, 7) is 2.43. The van der Waals surface area contributed by atoms with E-state index in [1.807, 2.05) is 0 Å². The van der Waals surface area contributed by atoms with Crippen LogP contribution < -0.4 is 4.74 Å². The molecule has 0 amide bonds. The monoisotopic (exact) mass is 296 g/mol. The summed E-state index contributed by atoms with van der Waals surface area (Å²) in [6, 6.07) is 4.61. The highest BCUT2D eigenvalue weighted by atomic mass is 35.5. The highest BCUT2D eigenvalue weighted by Crippen LogP contribution is 2.28. The summed E-state index contributed by atoms with van der Waals surface area (Å²) in [5, 5.41) is 0.365. The van der Waals surface area contributed by atoms with Crippen LogP contribution in [0, 0.1) is 5.92 Å². The molecule has 1 aromatic rings. The molecule has 1 aliphatic carbocycles. The minimum absolute atomic E-state index is 0.163. The molecule has 1 aromatic carbocycles. The summed E-state index contributed by atoms with van der Waals surface area (Å²) >= 11 is 5.95. The van der Waals surface area contributed by atoms with Crippen LogP contribution in [0.3, 0.4) is 0 Å². The van der Waals surface area contributed by atoms with Crippen molar-refractivity contribution in [3.05, 3.63) is 28.8 Å². The topological polar surface area (TPSA) is 52.6 Å². The zero-order valence-electron chi connectivity index (χ0n) is 11.4. The lowest BCUT2D eigenvalue weighted by Gasteiger charge is -2.25. The van der Waals surface area contributed by atoms with Gasteiger partial charge in [-0.2, -0.15) is 0 Å². The Morgan fingerprint density at radius 1 is 1.30 bits per heavy atom. The lowest BCUT2D eigenvalue weighted by Crippen LogP contribution is -2.20. The third-order valence-corrected chi connectivity index (χ3v) is 3.52. The smallest absolute Gasteiger partial charge is 0.379 e.